The molecule has 156 valence electrons. The number of carboxylic acid groups (broad SMARTS) is 1. The van der Waals surface area contributed by atoms with Crippen molar-refractivity contribution in [2.45, 2.75) is 26.8 Å². The number of nitrogens with zero attached hydrogens (tertiary/aromatic N) is 2. The molecule has 0 radical (unpaired) electrons. The van der Waals surface area contributed by atoms with E-state index in [1.165, 1.54) is 0 Å². The van der Waals surface area contributed by atoms with Crippen molar-refractivity contribution in [3.63, 3.8) is 0 Å². The summed E-state index contributed by atoms with van der Waals surface area (Å²) >= 11 is 6.27. The van der Waals surface area contributed by atoms with Gasteiger partial charge in [0.2, 0.25) is 0 Å². The smallest absolute Gasteiger partial charge is 0.335 e. The third-order valence-electron chi connectivity index (χ3n) is 5.36. The summed E-state index contributed by atoms with van der Waals surface area (Å²) in [5, 5.41) is 10.6. The van der Waals surface area contributed by atoms with Crippen molar-refractivity contribution < 1.29 is 9.90 Å². The van der Waals surface area contributed by atoms with E-state index in [0.29, 0.717) is 29.2 Å². The van der Waals surface area contributed by atoms with Crippen LogP contribution in [0.3, 0.4) is 0 Å². The van der Waals surface area contributed by atoms with Crippen molar-refractivity contribution in [2.24, 2.45) is 0 Å². The molecule has 31 heavy (non-hydrogen) atoms. The second kappa shape index (κ2) is 8.36. The maximum Gasteiger partial charge on any atom is 0.335 e. The molecule has 2 aromatic carbocycles. The summed E-state index contributed by atoms with van der Waals surface area (Å²) in [6.45, 7) is 4.32. The van der Waals surface area contributed by atoms with Crippen LogP contribution in [-0.4, -0.2) is 20.6 Å². The van der Waals surface area contributed by atoms with Crippen molar-refractivity contribution in [1.82, 2.24) is 9.55 Å². The Labute approximate surface area is 184 Å². The van der Waals surface area contributed by atoms with Gasteiger partial charge in [0.05, 0.1) is 5.56 Å². The Hall–Kier alpha value is -3.44. The second-order valence-corrected chi connectivity index (χ2v) is 7.85. The fourth-order valence-electron chi connectivity index (χ4n) is 3.87. The number of benzene rings is 2. The monoisotopic (exact) mass is 432 g/mol. The summed E-state index contributed by atoms with van der Waals surface area (Å²) in [5.74, 6) is -0.980. The average Bonchev–Trinajstić information content (AvgIpc) is 2.75. The van der Waals surface area contributed by atoms with Crippen LogP contribution in [0.25, 0.3) is 22.2 Å². The van der Waals surface area contributed by atoms with E-state index in [-0.39, 0.29) is 11.1 Å². The molecule has 2 aromatic heterocycles. The SMILES string of the molecule is CCn1c(=O)c(Cc2ccc(C(=O)O)cc2)c(-c2cccc(Cl)c2)c2ccc(C)nc21. The van der Waals surface area contributed by atoms with Crippen LogP contribution in [0, 0.1) is 6.92 Å². The number of rotatable bonds is 5. The van der Waals surface area contributed by atoms with Crippen molar-refractivity contribution in [2.75, 3.05) is 0 Å². The Kier molecular flexibility index (Phi) is 5.61. The first-order chi connectivity index (χ1) is 14.9. The molecule has 0 saturated carbocycles. The number of aryl methyl sites for hydroxylation is 2. The first-order valence-corrected chi connectivity index (χ1v) is 10.4. The van der Waals surface area contributed by atoms with Crippen LogP contribution >= 0.6 is 11.6 Å². The van der Waals surface area contributed by atoms with Crippen LogP contribution in [0.4, 0.5) is 0 Å². The van der Waals surface area contributed by atoms with Crippen LogP contribution in [0.5, 0.6) is 0 Å². The van der Waals surface area contributed by atoms with Gasteiger partial charge in [0.15, 0.2) is 0 Å². The van der Waals surface area contributed by atoms with E-state index >= 15 is 0 Å². The van der Waals surface area contributed by atoms with Crippen molar-refractivity contribution in [3.8, 4) is 11.1 Å². The molecular formula is C25H21ClN2O3. The van der Waals surface area contributed by atoms with Crippen molar-refractivity contribution in [1.29, 1.82) is 0 Å². The summed E-state index contributed by atoms with van der Waals surface area (Å²) in [5.41, 5.74) is 4.73. The zero-order chi connectivity index (χ0) is 22.1. The molecule has 0 aliphatic heterocycles. The van der Waals surface area contributed by atoms with Crippen LogP contribution in [0.2, 0.25) is 5.02 Å². The Bertz CT molecular complexity index is 1360. The van der Waals surface area contributed by atoms with E-state index in [9.17, 15) is 9.59 Å². The molecular weight excluding hydrogens is 412 g/mol. The highest BCUT2D eigenvalue weighted by Gasteiger charge is 2.19. The van der Waals surface area contributed by atoms with Crippen LogP contribution in [0.1, 0.15) is 34.1 Å². The van der Waals surface area contributed by atoms with Gasteiger partial charge in [0, 0.05) is 40.2 Å². The molecule has 5 nitrogen and oxygen atoms in total. The zero-order valence-corrected chi connectivity index (χ0v) is 18.0. The molecule has 1 N–H and O–H groups in total. The topological polar surface area (TPSA) is 72.2 Å². The number of fused-ring (bicyclic) bond motifs is 1. The molecule has 0 fully saturated rings. The van der Waals surface area contributed by atoms with Gasteiger partial charge in [-0.3, -0.25) is 9.36 Å². The lowest BCUT2D eigenvalue weighted by molar-refractivity contribution is 0.0697. The molecule has 0 bridgehead atoms. The van der Waals surface area contributed by atoms with E-state index in [2.05, 4.69) is 4.98 Å². The van der Waals surface area contributed by atoms with Crippen molar-refractivity contribution in [3.05, 3.63) is 98.4 Å². The normalized spacial score (nSPS) is 11.1. The van der Waals surface area contributed by atoms with Crippen LogP contribution in [0.15, 0.2) is 65.5 Å². The lowest BCUT2D eigenvalue weighted by Crippen LogP contribution is -2.26. The van der Waals surface area contributed by atoms with E-state index in [1.54, 1.807) is 34.9 Å². The van der Waals surface area contributed by atoms with Crippen molar-refractivity contribution >= 4 is 28.6 Å². The summed E-state index contributed by atoms with van der Waals surface area (Å²) in [4.78, 5) is 29.4. The number of aromatic carboxylic acids is 1. The van der Waals surface area contributed by atoms with Gasteiger partial charge >= 0.3 is 5.97 Å². The molecule has 0 spiro atoms. The van der Waals surface area contributed by atoms with Gasteiger partial charge in [-0.1, -0.05) is 35.9 Å². The molecule has 4 aromatic rings. The number of aromatic nitrogens is 2. The summed E-state index contributed by atoms with van der Waals surface area (Å²) in [6, 6.07) is 18.0. The first-order valence-electron chi connectivity index (χ1n) is 10.00. The Morgan fingerprint density at radius 3 is 2.48 bits per heavy atom. The number of carbonyl (C=O) groups is 1. The highest BCUT2D eigenvalue weighted by atomic mass is 35.5. The molecule has 0 atom stereocenters. The highest BCUT2D eigenvalue weighted by Crippen LogP contribution is 2.32. The number of pyridine rings is 2. The molecule has 0 aliphatic rings. The van der Waals surface area contributed by atoms with Gasteiger partial charge in [-0.05, 0) is 61.4 Å². The minimum atomic E-state index is -0.980. The lowest BCUT2D eigenvalue weighted by atomic mass is 9.93. The zero-order valence-electron chi connectivity index (χ0n) is 17.2. The third-order valence-corrected chi connectivity index (χ3v) is 5.59. The summed E-state index contributed by atoms with van der Waals surface area (Å²) < 4.78 is 1.69. The van der Waals surface area contributed by atoms with Gasteiger partial charge in [-0.25, -0.2) is 9.78 Å². The van der Waals surface area contributed by atoms with Gasteiger partial charge < -0.3 is 5.11 Å². The second-order valence-electron chi connectivity index (χ2n) is 7.42. The Morgan fingerprint density at radius 2 is 1.84 bits per heavy atom. The van der Waals surface area contributed by atoms with Gasteiger partial charge in [0.25, 0.3) is 5.56 Å². The number of hydrogen-bond acceptors (Lipinski definition) is 3. The molecule has 0 unspecified atom stereocenters. The maximum atomic E-state index is 13.6. The Balaban J connectivity index is 2.01. The minimum Gasteiger partial charge on any atom is -0.478 e. The molecule has 4 rings (SSSR count). The number of halogens is 1. The Morgan fingerprint density at radius 1 is 1.10 bits per heavy atom. The fraction of sp³-hybridized carbons (Fsp3) is 0.160. The van der Waals surface area contributed by atoms with Crippen LogP contribution < -0.4 is 5.56 Å². The number of carboxylic acids is 1. The minimum absolute atomic E-state index is 0.106. The van der Waals surface area contributed by atoms with E-state index < -0.39 is 5.97 Å². The highest BCUT2D eigenvalue weighted by molar-refractivity contribution is 6.30. The lowest BCUT2D eigenvalue weighted by Gasteiger charge is -2.17. The summed E-state index contributed by atoms with van der Waals surface area (Å²) in [6.07, 6.45) is 0.365. The molecule has 0 saturated heterocycles. The quantitative estimate of drug-likeness (QED) is 0.462. The molecule has 0 amide bonds. The molecule has 2 heterocycles. The van der Waals surface area contributed by atoms with Gasteiger partial charge in [-0.2, -0.15) is 0 Å². The predicted octanol–water partition coefficient (Wildman–Crippen LogP) is 5.33. The fourth-order valence-corrected chi connectivity index (χ4v) is 4.06. The average molecular weight is 433 g/mol. The molecule has 6 heteroatoms. The largest absolute Gasteiger partial charge is 0.478 e. The number of hydrogen-bond donors (Lipinski definition) is 1. The third kappa shape index (κ3) is 3.97. The van der Waals surface area contributed by atoms with Gasteiger partial charge in [-0.15, -0.1) is 0 Å². The van der Waals surface area contributed by atoms with Gasteiger partial charge in [0.1, 0.15) is 5.65 Å². The van der Waals surface area contributed by atoms with E-state index in [4.69, 9.17) is 16.7 Å². The summed E-state index contributed by atoms with van der Waals surface area (Å²) in [7, 11) is 0. The van der Waals surface area contributed by atoms with E-state index in [0.717, 1.165) is 27.8 Å². The maximum absolute atomic E-state index is 13.6. The van der Waals surface area contributed by atoms with E-state index in [1.807, 2.05) is 44.2 Å². The molecule has 0 aliphatic carbocycles. The standard InChI is InChI=1S/C25H21ClN2O3/c1-3-28-23-20(12-7-15(2)27-23)22(18-5-4-6-19(26)14-18)21(24(28)29)13-16-8-10-17(11-9-16)25(30)31/h4-12,14H,3,13H2,1-2H3,(H,30,31). The predicted molar refractivity (Wildman–Crippen MR) is 123 cm³/mol. The first kappa shape index (κ1) is 20.8. The van der Waals surface area contributed by atoms with Crippen LogP contribution in [-0.2, 0) is 13.0 Å².